The standard InChI is InChI=1S/C14H11ClO/c1-10-6-2-3-7-11(10)12-8-4-5-9-13(12)14(15)16/h2-9H,1H3. The Labute approximate surface area is 99.7 Å². The molecule has 0 N–H and O–H groups in total. The Morgan fingerprint density at radius 2 is 1.50 bits per heavy atom. The third-order valence-corrected chi connectivity index (χ3v) is 2.78. The molecule has 1 nitrogen and oxygen atoms in total. The summed E-state index contributed by atoms with van der Waals surface area (Å²) in [5.74, 6) is 0. The molecule has 0 spiro atoms. The van der Waals surface area contributed by atoms with Crippen molar-refractivity contribution in [2.24, 2.45) is 0 Å². The minimum Gasteiger partial charge on any atom is -0.276 e. The lowest BCUT2D eigenvalue weighted by molar-refractivity contribution is 0.108. The molecule has 0 atom stereocenters. The molecular formula is C14H11ClO. The maximum atomic E-state index is 11.3. The van der Waals surface area contributed by atoms with Gasteiger partial charge in [-0.05, 0) is 41.3 Å². The predicted molar refractivity (Wildman–Crippen MR) is 66.8 cm³/mol. The number of hydrogen-bond acceptors (Lipinski definition) is 1. The molecule has 80 valence electrons. The van der Waals surface area contributed by atoms with E-state index in [0.29, 0.717) is 5.56 Å². The summed E-state index contributed by atoms with van der Waals surface area (Å²) in [5.41, 5.74) is 3.62. The highest BCUT2D eigenvalue weighted by atomic mass is 35.5. The molecule has 16 heavy (non-hydrogen) atoms. The number of aryl methyl sites for hydroxylation is 1. The Kier molecular flexibility index (Phi) is 3.07. The molecule has 2 rings (SSSR count). The van der Waals surface area contributed by atoms with E-state index in [9.17, 15) is 4.79 Å². The summed E-state index contributed by atoms with van der Waals surface area (Å²) < 4.78 is 0. The van der Waals surface area contributed by atoms with Gasteiger partial charge in [0.05, 0.1) is 0 Å². The van der Waals surface area contributed by atoms with Crippen molar-refractivity contribution in [3.8, 4) is 11.1 Å². The fraction of sp³-hybridized carbons (Fsp3) is 0.0714. The van der Waals surface area contributed by atoms with E-state index in [0.717, 1.165) is 16.7 Å². The van der Waals surface area contributed by atoms with E-state index in [2.05, 4.69) is 0 Å². The molecule has 0 aliphatic heterocycles. The van der Waals surface area contributed by atoms with Crippen LogP contribution < -0.4 is 0 Å². The first-order valence-corrected chi connectivity index (χ1v) is 5.43. The van der Waals surface area contributed by atoms with Gasteiger partial charge in [-0.25, -0.2) is 0 Å². The number of benzene rings is 2. The van der Waals surface area contributed by atoms with Crippen LogP contribution in [0.4, 0.5) is 0 Å². The Morgan fingerprint density at radius 1 is 0.938 bits per heavy atom. The average Bonchev–Trinajstić information content (AvgIpc) is 2.29. The summed E-state index contributed by atoms with van der Waals surface area (Å²) >= 11 is 5.57. The fourth-order valence-corrected chi connectivity index (χ4v) is 1.93. The van der Waals surface area contributed by atoms with Crippen LogP contribution in [-0.2, 0) is 0 Å². The highest BCUT2D eigenvalue weighted by Gasteiger charge is 2.10. The molecule has 0 unspecified atom stereocenters. The Balaban J connectivity index is 2.65. The largest absolute Gasteiger partial charge is 0.276 e. The van der Waals surface area contributed by atoms with Gasteiger partial charge in [0.15, 0.2) is 0 Å². The smallest absolute Gasteiger partial charge is 0.253 e. The quantitative estimate of drug-likeness (QED) is 0.712. The summed E-state index contributed by atoms with van der Waals surface area (Å²) in [7, 11) is 0. The van der Waals surface area contributed by atoms with Crippen molar-refractivity contribution in [1.29, 1.82) is 0 Å². The van der Waals surface area contributed by atoms with Crippen molar-refractivity contribution >= 4 is 16.8 Å². The monoisotopic (exact) mass is 230 g/mol. The zero-order chi connectivity index (χ0) is 11.5. The first-order chi connectivity index (χ1) is 7.70. The molecule has 0 saturated heterocycles. The maximum Gasteiger partial charge on any atom is 0.253 e. The van der Waals surface area contributed by atoms with Crippen molar-refractivity contribution < 1.29 is 4.79 Å². The molecule has 0 aliphatic rings. The third-order valence-electron chi connectivity index (χ3n) is 2.57. The molecule has 2 aromatic carbocycles. The fourth-order valence-electron chi connectivity index (χ4n) is 1.76. The minimum atomic E-state index is -0.418. The van der Waals surface area contributed by atoms with Crippen molar-refractivity contribution in [3.05, 3.63) is 59.7 Å². The third kappa shape index (κ3) is 2.00. The minimum absolute atomic E-state index is 0.418. The van der Waals surface area contributed by atoms with Gasteiger partial charge >= 0.3 is 0 Å². The zero-order valence-electron chi connectivity index (χ0n) is 8.91. The number of hydrogen-bond donors (Lipinski definition) is 0. The van der Waals surface area contributed by atoms with Gasteiger partial charge in [0.2, 0.25) is 0 Å². The summed E-state index contributed by atoms with van der Waals surface area (Å²) in [5, 5.41) is -0.418. The lowest BCUT2D eigenvalue weighted by Crippen LogP contribution is -1.94. The Morgan fingerprint density at radius 3 is 2.12 bits per heavy atom. The van der Waals surface area contributed by atoms with Crippen molar-refractivity contribution in [3.63, 3.8) is 0 Å². The van der Waals surface area contributed by atoms with Crippen LogP contribution >= 0.6 is 11.6 Å². The van der Waals surface area contributed by atoms with Gasteiger partial charge < -0.3 is 0 Å². The van der Waals surface area contributed by atoms with Crippen LogP contribution in [-0.4, -0.2) is 5.24 Å². The molecule has 0 aromatic heterocycles. The van der Waals surface area contributed by atoms with Gasteiger partial charge in [-0.2, -0.15) is 0 Å². The second-order valence-corrected chi connectivity index (χ2v) is 3.98. The van der Waals surface area contributed by atoms with Crippen molar-refractivity contribution in [2.45, 2.75) is 6.92 Å². The van der Waals surface area contributed by atoms with Crippen molar-refractivity contribution in [2.75, 3.05) is 0 Å². The number of rotatable bonds is 2. The van der Waals surface area contributed by atoms with E-state index in [1.54, 1.807) is 6.07 Å². The van der Waals surface area contributed by atoms with E-state index in [1.165, 1.54) is 0 Å². The van der Waals surface area contributed by atoms with Gasteiger partial charge in [-0.1, -0.05) is 42.5 Å². The van der Waals surface area contributed by atoms with Crippen LogP contribution in [0.25, 0.3) is 11.1 Å². The van der Waals surface area contributed by atoms with Gasteiger partial charge in [0.1, 0.15) is 0 Å². The zero-order valence-corrected chi connectivity index (χ0v) is 9.66. The molecule has 0 amide bonds. The molecule has 0 bridgehead atoms. The van der Waals surface area contributed by atoms with Crippen LogP contribution in [0.1, 0.15) is 15.9 Å². The van der Waals surface area contributed by atoms with E-state index in [-0.39, 0.29) is 0 Å². The number of carbonyl (C=O) groups excluding carboxylic acids is 1. The second kappa shape index (κ2) is 4.50. The average molecular weight is 231 g/mol. The first kappa shape index (κ1) is 10.9. The summed E-state index contributed by atoms with van der Waals surface area (Å²) in [4.78, 5) is 11.3. The SMILES string of the molecule is Cc1ccccc1-c1ccccc1C(=O)Cl. The number of carbonyl (C=O) groups is 1. The van der Waals surface area contributed by atoms with E-state index in [4.69, 9.17) is 11.6 Å². The summed E-state index contributed by atoms with van der Waals surface area (Å²) in [6.45, 7) is 2.02. The van der Waals surface area contributed by atoms with Crippen LogP contribution in [0.15, 0.2) is 48.5 Å². The molecule has 0 saturated carbocycles. The maximum absolute atomic E-state index is 11.3. The first-order valence-electron chi connectivity index (χ1n) is 5.05. The van der Waals surface area contributed by atoms with Crippen LogP contribution in [0.5, 0.6) is 0 Å². The van der Waals surface area contributed by atoms with E-state index >= 15 is 0 Å². The second-order valence-electron chi connectivity index (χ2n) is 3.63. The normalized spacial score (nSPS) is 10.1. The molecule has 0 fully saturated rings. The van der Waals surface area contributed by atoms with Crippen LogP contribution in [0, 0.1) is 6.92 Å². The number of halogens is 1. The summed E-state index contributed by atoms with van der Waals surface area (Å²) in [6, 6.07) is 15.3. The lowest BCUT2D eigenvalue weighted by Gasteiger charge is -2.08. The van der Waals surface area contributed by atoms with Gasteiger partial charge in [-0.15, -0.1) is 0 Å². The van der Waals surface area contributed by atoms with Gasteiger partial charge in [0.25, 0.3) is 5.24 Å². The molecule has 0 heterocycles. The molecule has 2 aromatic rings. The Hall–Kier alpha value is -1.60. The van der Waals surface area contributed by atoms with Crippen LogP contribution in [0.2, 0.25) is 0 Å². The van der Waals surface area contributed by atoms with E-state index in [1.807, 2.05) is 49.4 Å². The molecular weight excluding hydrogens is 220 g/mol. The van der Waals surface area contributed by atoms with Gasteiger partial charge in [0, 0.05) is 5.56 Å². The lowest BCUT2D eigenvalue weighted by atomic mass is 9.97. The van der Waals surface area contributed by atoms with E-state index < -0.39 is 5.24 Å². The highest BCUT2D eigenvalue weighted by Crippen LogP contribution is 2.27. The van der Waals surface area contributed by atoms with Gasteiger partial charge in [-0.3, -0.25) is 4.79 Å². The predicted octanol–water partition coefficient (Wildman–Crippen LogP) is 4.04. The Bertz CT molecular complexity index is 532. The molecule has 2 heteroatoms. The topological polar surface area (TPSA) is 17.1 Å². The molecule has 0 aliphatic carbocycles. The highest BCUT2D eigenvalue weighted by molar-refractivity contribution is 6.68. The van der Waals surface area contributed by atoms with Crippen molar-refractivity contribution in [1.82, 2.24) is 0 Å². The van der Waals surface area contributed by atoms with Crippen LogP contribution in [0.3, 0.4) is 0 Å². The molecule has 0 radical (unpaired) electrons. The summed E-state index contributed by atoms with van der Waals surface area (Å²) in [6.07, 6.45) is 0.